The van der Waals surface area contributed by atoms with Gasteiger partial charge in [0.1, 0.15) is 43.2 Å². The zero-order valence-corrected chi connectivity index (χ0v) is 43.9. The van der Waals surface area contributed by atoms with E-state index in [0.717, 1.165) is 83.5 Å². The van der Waals surface area contributed by atoms with Crippen LogP contribution in [0, 0.1) is 0 Å². The predicted molar refractivity (Wildman–Crippen MR) is 271 cm³/mol. The van der Waals surface area contributed by atoms with E-state index in [-0.39, 0.29) is 25.7 Å². The molecular weight excluding hydrogens is 962 g/mol. The van der Waals surface area contributed by atoms with Gasteiger partial charge in [0.15, 0.2) is 6.10 Å². The second-order valence-electron chi connectivity index (χ2n) is 17.9. The zero-order valence-electron chi connectivity index (χ0n) is 42.1. The number of aliphatic hydroxyl groups is 6. The number of carbonyl (C=O) groups is 2. The Balaban J connectivity index is 2.65. The first-order chi connectivity index (χ1) is 33.9. The van der Waals surface area contributed by atoms with Gasteiger partial charge in [-0.2, -0.15) is 0 Å². The van der Waals surface area contributed by atoms with E-state index < -0.39 is 95.7 Å². The topological polar surface area (TPSA) is 296 Å². The monoisotopic (exact) mass is 1050 g/mol. The molecule has 18 nitrogen and oxygen atoms in total. The average molecular weight is 1050 g/mol. The molecule has 0 radical (unpaired) electrons. The molecule has 1 aliphatic rings. The lowest BCUT2D eigenvalue weighted by molar-refractivity contribution is -0.216. The summed E-state index contributed by atoms with van der Waals surface area (Å²) < 4.78 is 49.3. The van der Waals surface area contributed by atoms with Crippen LogP contribution < -0.4 is 0 Å². The van der Waals surface area contributed by atoms with Crippen molar-refractivity contribution in [2.24, 2.45) is 0 Å². The molecule has 0 saturated heterocycles. The molecule has 0 bridgehead atoms. The molecule has 0 aromatic heterocycles. The van der Waals surface area contributed by atoms with Crippen LogP contribution in [0.2, 0.25) is 0 Å². The van der Waals surface area contributed by atoms with Gasteiger partial charge in [-0.05, 0) is 64.2 Å². The summed E-state index contributed by atoms with van der Waals surface area (Å²) in [6.07, 6.45) is 27.6. The molecular formula is C51H88O18P2. The van der Waals surface area contributed by atoms with Crippen molar-refractivity contribution >= 4 is 27.6 Å². The standard InChI is InChI=1S/C51H88O18P2/c1-3-5-7-8-9-10-11-12-13-14-15-16-17-18-19-20-24-27-31-37-45(55)67-43(40-66-71(63,64)69-51-48(58)46(56)47(57)50(49(51)59)68-70(60,61)62)39-65-44(54)38-32-36-42(53)35-30-26-23-21-22-25-29-34-41(52)33-28-6-4-2/h9-10,12-13,22-23,25-26,29-30,34-35,41-43,46-53,56-59H,3-8,11,14-21,24,27-28,31-33,36-40H2,1-2H3,(H,63,64)(H2,60,61,62)/b10-9-,13-12-,25-22-,26-23-,34-29+,35-30+/t41-,42-,43+,46?,47?,48?,49?,50+,51-/m0/s1. The Morgan fingerprint density at radius 3 is 1.56 bits per heavy atom. The number of carbonyl (C=O) groups excluding carboxylic acids is 2. The number of unbranched alkanes of at least 4 members (excludes halogenated alkanes) is 14. The highest BCUT2D eigenvalue weighted by Gasteiger charge is 2.54. The summed E-state index contributed by atoms with van der Waals surface area (Å²) >= 11 is 0. The lowest BCUT2D eigenvalue weighted by atomic mass is 9.85. The van der Waals surface area contributed by atoms with E-state index in [1.165, 1.54) is 32.1 Å². The minimum Gasteiger partial charge on any atom is -0.462 e. The summed E-state index contributed by atoms with van der Waals surface area (Å²) in [4.78, 5) is 54.4. The second kappa shape index (κ2) is 40.7. The van der Waals surface area contributed by atoms with E-state index in [9.17, 15) is 64.0 Å². The quantitative estimate of drug-likeness (QED) is 0.00912. The van der Waals surface area contributed by atoms with Gasteiger partial charge in [0.2, 0.25) is 0 Å². The lowest BCUT2D eigenvalue weighted by Crippen LogP contribution is -2.64. The van der Waals surface area contributed by atoms with Crippen LogP contribution in [0.15, 0.2) is 72.9 Å². The number of phosphoric ester groups is 2. The van der Waals surface area contributed by atoms with E-state index in [4.69, 9.17) is 18.5 Å². The molecule has 1 rings (SSSR count). The minimum atomic E-state index is -5.40. The van der Waals surface area contributed by atoms with Gasteiger partial charge in [-0.3, -0.25) is 23.2 Å². The molecule has 0 amide bonds. The van der Waals surface area contributed by atoms with Gasteiger partial charge in [-0.1, -0.05) is 164 Å². The zero-order chi connectivity index (χ0) is 52.8. The van der Waals surface area contributed by atoms with Gasteiger partial charge >= 0.3 is 27.6 Å². The molecule has 71 heavy (non-hydrogen) atoms. The number of allylic oxidation sites excluding steroid dienone is 10. The van der Waals surface area contributed by atoms with Crippen molar-refractivity contribution in [3.63, 3.8) is 0 Å². The molecule has 1 aliphatic carbocycles. The molecule has 0 aliphatic heterocycles. The van der Waals surface area contributed by atoms with Crippen molar-refractivity contribution in [1.29, 1.82) is 0 Å². The van der Waals surface area contributed by atoms with Crippen molar-refractivity contribution < 1.29 is 87.1 Å². The van der Waals surface area contributed by atoms with Crippen LogP contribution in [-0.2, 0) is 41.8 Å². The average Bonchev–Trinajstić information content (AvgIpc) is 3.32. The molecule has 0 aromatic rings. The predicted octanol–water partition coefficient (Wildman–Crippen LogP) is 8.34. The number of aliphatic hydroxyl groups excluding tert-OH is 6. The first-order valence-corrected chi connectivity index (χ1v) is 28.7. The molecule has 9 N–H and O–H groups in total. The van der Waals surface area contributed by atoms with Crippen LogP contribution >= 0.6 is 15.6 Å². The summed E-state index contributed by atoms with van der Waals surface area (Å²) in [6, 6.07) is 0. The highest BCUT2D eigenvalue weighted by molar-refractivity contribution is 7.47. The van der Waals surface area contributed by atoms with Crippen LogP contribution in [0.3, 0.4) is 0 Å². The Bertz CT molecular complexity index is 1680. The van der Waals surface area contributed by atoms with E-state index in [1.807, 2.05) is 24.3 Å². The third-order valence-electron chi connectivity index (χ3n) is 11.5. The van der Waals surface area contributed by atoms with Crippen molar-refractivity contribution in [2.45, 2.75) is 223 Å². The maximum atomic E-state index is 13.0. The SMILES string of the molecule is CCCCC/C=C\C/C=C\CCCCCCCCCCCC(=O)O[C@H](COC(=O)CCC[C@@H](O)/C=C/C=C\C/C=C\C=C\[C@@H](O)CCCCC)COP(=O)(O)O[C@H]1C(O)C(O)C(O)[C@@H](OP(=O)(O)O)C1O. The number of hydrogen-bond donors (Lipinski definition) is 9. The van der Waals surface area contributed by atoms with Gasteiger partial charge < -0.3 is 54.8 Å². The Morgan fingerprint density at radius 2 is 1.00 bits per heavy atom. The lowest BCUT2D eigenvalue weighted by Gasteiger charge is -2.43. The third kappa shape index (κ3) is 35.2. The van der Waals surface area contributed by atoms with Crippen molar-refractivity contribution in [3.05, 3.63) is 72.9 Å². The molecule has 20 heteroatoms. The fourth-order valence-corrected chi connectivity index (χ4v) is 8.93. The van der Waals surface area contributed by atoms with E-state index in [2.05, 4.69) is 42.7 Å². The second-order valence-corrected chi connectivity index (χ2v) is 20.5. The first-order valence-electron chi connectivity index (χ1n) is 25.7. The van der Waals surface area contributed by atoms with E-state index in [0.29, 0.717) is 12.8 Å². The van der Waals surface area contributed by atoms with E-state index >= 15 is 0 Å². The van der Waals surface area contributed by atoms with Crippen LogP contribution in [-0.4, -0.2) is 125 Å². The number of hydrogen-bond acceptors (Lipinski definition) is 15. The number of rotatable bonds is 42. The van der Waals surface area contributed by atoms with Crippen LogP contribution in [0.1, 0.15) is 168 Å². The van der Waals surface area contributed by atoms with Crippen molar-refractivity contribution in [2.75, 3.05) is 13.2 Å². The van der Waals surface area contributed by atoms with Gasteiger partial charge in [0, 0.05) is 12.8 Å². The molecule has 5 unspecified atom stereocenters. The number of ether oxygens (including phenoxy) is 2. The summed E-state index contributed by atoms with van der Waals surface area (Å²) in [6.45, 7) is 2.80. The fraction of sp³-hybridized carbons (Fsp3) is 0.725. The smallest absolute Gasteiger partial charge is 0.462 e. The molecule has 1 fully saturated rings. The van der Waals surface area contributed by atoms with Crippen LogP contribution in [0.5, 0.6) is 0 Å². The molecule has 410 valence electrons. The Morgan fingerprint density at radius 1 is 0.521 bits per heavy atom. The molecule has 0 heterocycles. The molecule has 10 atom stereocenters. The van der Waals surface area contributed by atoms with Gasteiger partial charge in [0.05, 0.1) is 18.8 Å². The van der Waals surface area contributed by atoms with Gasteiger partial charge in [-0.25, -0.2) is 9.13 Å². The minimum absolute atomic E-state index is 0.0135. The van der Waals surface area contributed by atoms with Gasteiger partial charge in [-0.15, -0.1) is 0 Å². The van der Waals surface area contributed by atoms with Crippen molar-refractivity contribution in [3.8, 4) is 0 Å². The highest BCUT2D eigenvalue weighted by atomic mass is 31.2. The van der Waals surface area contributed by atoms with Gasteiger partial charge in [0.25, 0.3) is 0 Å². The molecule has 0 aromatic carbocycles. The first kappa shape index (κ1) is 66.4. The molecule has 1 saturated carbocycles. The van der Waals surface area contributed by atoms with Crippen LogP contribution in [0.25, 0.3) is 0 Å². The Labute approximate surface area is 422 Å². The maximum Gasteiger partial charge on any atom is 0.472 e. The molecule has 0 spiro atoms. The number of phosphoric acid groups is 2. The Hall–Kier alpha value is -2.64. The van der Waals surface area contributed by atoms with Crippen LogP contribution in [0.4, 0.5) is 0 Å². The summed E-state index contributed by atoms with van der Waals surface area (Å²) in [7, 11) is -10.8. The normalized spacial score (nSPS) is 22.4. The summed E-state index contributed by atoms with van der Waals surface area (Å²) in [5.74, 6) is -1.44. The highest BCUT2D eigenvalue weighted by Crippen LogP contribution is 2.49. The maximum absolute atomic E-state index is 13.0. The number of esters is 2. The Kier molecular flexibility index (Phi) is 38.1. The summed E-state index contributed by atoms with van der Waals surface area (Å²) in [5, 5.41) is 61.6. The fourth-order valence-electron chi connectivity index (χ4n) is 7.39. The van der Waals surface area contributed by atoms with E-state index in [1.54, 1.807) is 24.3 Å². The third-order valence-corrected chi connectivity index (χ3v) is 13.0. The van der Waals surface area contributed by atoms with Crippen molar-refractivity contribution in [1.82, 2.24) is 0 Å². The summed E-state index contributed by atoms with van der Waals surface area (Å²) in [5.41, 5.74) is 0. The largest absolute Gasteiger partial charge is 0.472 e.